The zero-order valence-corrected chi connectivity index (χ0v) is 16.4. The van der Waals surface area contributed by atoms with Gasteiger partial charge in [-0.3, -0.25) is 9.59 Å². The van der Waals surface area contributed by atoms with E-state index in [2.05, 4.69) is 0 Å². The third kappa shape index (κ3) is 5.72. The molecule has 3 aromatic carbocycles. The highest BCUT2D eigenvalue weighted by molar-refractivity contribution is 6.08. The van der Waals surface area contributed by atoms with Gasteiger partial charge in [0.25, 0.3) is 5.91 Å². The van der Waals surface area contributed by atoms with Crippen molar-refractivity contribution >= 4 is 17.8 Å². The van der Waals surface area contributed by atoms with Gasteiger partial charge in [-0.15, -0.1) is 0 Å². The van der Waals surface area contributed by atoms with Crippen LogP contribution in [0.3, 0.4) is 0 Å². The number of rotatable bonds is 9. The molecule has 6 heteroatoms. The van der Waals surface area contributed by atoms with Crippen LogP contribution in [0.2, 0.25) is 0 Å². The highest BCUT2D eigenvalue weighted by Gasteiger charge is 2.11. The maximum absolute atomic E-state index is 12.6. The van der Waals surface area contributed by atoms with E-state index in [1.54, 1.807) is 24.3 Å². The minimum atomic E-state index is -0.586. The van der Waals surface area contributed by atoms with Crippen molar-refractivity contribution in [3.8, 4) is 23.0 Å². The van der Waals surface area contributed by atoms with Gasteiger partial charge in [-0.2, -0.15) is 0 Å². The number of methoxy groups -OCH3 is 1. The van der Waals surface area contributed by atoms with Gasteiger partial charge in [0.15, 0.2) is 12.4 Å². The van der Waals surface area contributed by atoms with Gasteiger partial charge in [0.05, 0.1) is 12.7 Å². The predicted octanol–water partition coefficient (Wildman–Crippen LogP) is 4.25. The second kappa shape index (κ2) is 9.93. The molecule has 0 aromatic heterocycles. The third-order valence-corrected chi connectivity index (χ3v) is 4.11. The van der Waals surface area contributed by atoms with Crippen LogP contribution in [0.4, 0.5) is 0 Å². The maximum Gasteiger partial charge on any atom is 0.255 e. The fourth-order valence-corrected chi connectivity index (χ4v) is 2.65. The fraction of sp³-hybridized carbons (Fsp3) is 0.0833. The van der Waals surface area contributed by atoms with Gasteiger partial charge in [-0.1, -0.05) is 36.4 Å². The molecule has 0 aliphatic carbocycles. The first-order valence-corrected chi connectivity index (χ1v) is 9.19. The van der Waals surface area contributed by atoms with Gasteiger partial charge < -0.3 is 19.9 Å². The molecule has 0 unspecified atom stereocenters. The summed E-state index contributed by atoms with van der Waals surface area (Å²) < 4.78 is 16.3. The third-order valence-electron chi connectivity index (χ3n) is 4.11. The molecule has 0 heterocycles. The van der Waals surface area contributed by atoms with Crippen molar-refractivity contribution in [2.45, 2.75) is 0 Å². The SMILES string of the molecule is COc1cc(OCC(N)=O)ccc1C(=O)/C=C/c1ccc(Oc2ccccc2)cc1. The average Bonchev–Trinajstić information content (AvgIpc) is 2.77. The Balaban J connectivity index is 1.67. The summed E-state index contributed by atoms with van der Waals surface area (Å²) in [7, 11) is 1.46. The molecule has 1 amide bonds. The number of hydrogen-bond donors (Lipinski definition) is 1. The minimum absolute atomic E-state index is 0.224. The zero-order valence-electron chi connectivity index (χ0n) is 16.4. The van der Waals surface area contributed by atoms with Crippen molar-refractivity contribution in [3.05, 3.63) is 90.0 Å². The number of carbonyl (C=O) groups is 2. The standard InChI is InChI=1S/C24H21NO5/c1-28-23-15-20(29-16-24(25)27)12-13-21(23)22(26)14-9-17-7-10-19(11-8-17)30-18-5-3-2-4-6-18/h2-15H,16H2,1H3,(H2,25,27)/b14-9+. The number of para-hydroxylation sites is 1. The molecule has 152 valence electrons. The molecule has 0 saturated heterocycles. The zero-order chi connectivity index (χ0) is 21.3. The number of nitrogens with two attached hydrogens (primary N) is 1. The average molecular weight is 403 g/mol. The Morgan fingerprint density at radius 1 is 0.900 bits per heavy atom. The van der Waals surface area contributed by atoms with Crippen LogP contribution in [0.1, 0.15) is 15.9 Å². The van der Waals surface area contributed by atoms with Crippen LogP contribution in [0, 0.1) is 0 Å². The van der Waals surface area contributed by atoms with Crippen LogP contribution >= 0.6 is 0 Å². The first-order valence-electron chi connectivity index (χ1n) is 9.19. The molecule has 0 bridgehead atoms. The molecule has 2 N–H and O–H groups in total. The number of benzene rings is 3. The number of carbonyl (C=O) groups excluding carboxylic acids is 2. The summed E-state index contributed by atoms with van der Waals surface area (Å²) in [5.41, 5.74) is 6.30. The molecule has 30 heavy (non-hydrogen) atoms. The molecule has 0 saturated carbocycles. The number of primary amides is 1. The van der Waals surface area contributed by atoms with Gasteiger partial charge in [0.1, 0.15) is 23.0 Å². The van der Waals surface area contributed by atoms with Crippen molar-refractivity contribution in [1.29, 1.82) is 0 Å². The first-order chi connectivity index (χ1) is 14.5. The number of ether oxygens (including phenoxy) is 3. The fourth-order valence-electron chi connectivity index (χ4n) is 2.65. The lowest BCUT2D eigenvalue weighted by molar-refractivity contribution is -0.119. The van der Waals surface area contributed by atoms with E-state index < -0.39 is 5.91 Å². The summed E-state index contributed by atoms with van der Waals surface area (Å²) >= 11 is 0. The summed E-state index contributed by atoms with van der Waals surface area (Å²) in [6.07, 6.45) is 3.18. The lowest BCUT2D eigenvalue weighted by Gasteiger charge is -2.09. The van der Waals surface area contributed by atoms with Crippen LogP contribution in [-0.4, -0.2) is 25.4 Å². The highest BCUT2D eigenvalue weighted by atomic mass is 16.5. The van der Waals surface area contributed by atoms with Gasteiger partial charge in [0.2, 0.25) is 0 Å². The molecule has 0 aliphatic heterocycles. The molecular weight excluding hydrogens is 382 g/mol. The van der Waals surface area contributed by atoms with Crippen LogP contribution in [0.15, 0.2) is 78.9 Å². The largest absolute Gasteiger partial charge is 0.496 e. The monoisotopic (exact) mass is 403 g/mol. The summed E-state index contributed by atoms with van der Waals surface area (Å²) in [6.45, 7) is -0.250. The molecular formula is C24H21NO5. The summed E-state index contributed by atoms with van der Waals surface area (Å²) in [5.74, 6) is 1.39. The molecule has 0 spiro atoms. The van der Waals surface area contributed by atoms with Crippen LogP contribution < -0.4 is 19.9 Å². The number of amides is 1. The molecule has 0 fully saturated rings. The van der Waals surface area contributed by atoms with Crippen molar-refractivity contribution in [1.82, 2.24) is 0 Å². The second-order valence-corrected chi connectivity index (χ2v) is 6.30. The quantitative estimate of drug-likeness (QED) is 0.426. The topological polar surface area (TPSA) is 87.9 Å². The van der Waals surface area contributed by atoms with Crippen molar-refractivity contribution in [3.63, 3.8) is 0 Å². The normalized spacial score (nSPS) is 10.6. The Labute approximate surface area is 174 Å². The summed E-state index contributed by atoms with van der Waals surface area (Å²) in [6, 6.07) is 21.6. The van der Waals surface area contributed by atoms with Crippen LogP contribution in [-0.2, 0) is 4.79 Å². The molecule has 0 aliphatic rings. The lowest BCUT2D eigenvalue weighted by Crippen LogP contribution is -2.20. The molecule has 3 aromatic rings. The highest BCUT2D eigenvalue weighted by Crippen LogP contribution is 2.26. The van der Waals surface area contributed by atoms with E-state index >= 15 is 0 Å². The van der Waals surface area contributed by atoms with Crippen molar-refractivity contribution in [2.24, 2.45) is 5.73 Å². The number of allylic oxidation sites excluding steroid dienone is 1. The Morgan fingerprint density at radius 3 is 2.23 bits per heavy atom. The van der Waals surface area contributed by atoms with E-state index in [1.807, 2.05) is 54.6 Å². The van der Waals surface area contributed by atoms with Gasteiger partial charge >= 0.3 is 0 Å². The van der Waals surface area contributed by atoms with Crippen LogP contribution in [0.25, 0.3) is 6.08 Å². The van der Waals surface area contributed by atoms with E-state index in [0.29, 0.717) is 22.8 Å². The molecule has 6 nitrogen and oxygen atoms in total. The van der Waals surface area contributed by atoms with Crippen molar-refractivity contribution in [2.75, 3.05) is 13.7 Å². The second-order valence-electron chi connectivity index (χ2n) is 6.30. The molecule has 3 rings (SSSR count). The minimum Gasteiger partial charge on any atom is -0.496 e. The summed E-state index contributed by atoms with van der Waals surface area (Å²) in [5, 5.41) is 0. The van der Waals surface area contributed by atoms with E-state index in [4.69, 9.17) is 19.9 Å². The maximum atomic E-state index is 12.6. The summed E-state index contributed by atoms with van der Waals surface area (Å²) in [4.78, 5) is 23.4. The van der Waals surface area contributed by atoms with Crippen molar-refractivity contribution < 1.29 is 23.8 Å². The van der Waals surface area contributed by atoms with E-state index in [1.165, 1.54) is 13.2 Å². The predicted molar refractivity (Wildman–Crippen MR) is 114 cm³/mol. The Hall–Kier alpha value is -4.06. The number of hydrogen-bond acceptors (Lipinski definition) is 5. The van der Waals surface area contributed by atoms with Gasteiger partial charge in [-0.25, -0.2) is 0 Å². The molecule has 0 radical (unpaired) electrons. The Bertz CT molecular complexity index is 1040. The Morgan fingerprint density at radius 2 is 1.57 bits per heavy atom. The van der Waals surface area contributed by atoms with E-state index in [-0.39, 0.29) is 12.4 Å². The van der Waals surface area contributed by atoms with Gasteiger partial charge in [0, 0.05) is 6.07 Å². The van der Waals surface area contributed by atoms with E-state index in [9.17, 15) is 9.59 Å². The Kier molecular flexibility index (Phi) is 6.84. The van der Waals surface area contributed by atoms with Crippen LogP contribution in [0.5, 0.6) is 23.0 Å². The van der Waals surface area contributed by atoms with Gasteiger partial charge in [-0.05, 0) is 48.0 Å². The number of ketones is 1. The molecule has 0 atom stereocenters. The smallest absolute Gasteiger partial charge is 0.255 e. The first kappa shape index (κ1) is 20.7. The van der Waals surface area contributed by atoms with E-state index in [0.717, 1.165) is 11.3 Å². The lowest BCUT2D eigenvalue weighted by atomic mass is 10.1.